The van der Waals surface area contributed by atoms with Crippen LogP contribution in [-0.2, 0) is 17.1 Å². The van der Waals surface area contributed by atoms with Crippen molar-refractivity contribution < 1.29 is 40.7 Å². The molecule has 9 nitrogen and oxygen atoms in total. The van der Waals surface area contributed by atoms with Crippen molar-refractivity contribution in [3.05, 3.63) is 70.4 Å². The van der Waals surface area contributed by atoms with E-state index in [1.807, 2.05) is 13.8 Å². The second kappa shape index (κ2) is 11.1. The molecule has 4 rings (SSSR count). The van der Waals surface area contributed by atoms with Gasteiger partial charge in [0.25, 0.3) is 11.8 Å². The minimum Gasteiger partial charge on any atom is -0.372 e. The Morgan fingerprint density at radius 3 is 2.07 bits per heavy atom. The van der Waals surface area contributed by atoms with Gasteiger partial charge in [-0.2, -0.15) is 31.0 Å². The lowest BCUT2D eigenvalue weighted by Crippen LogP contribution is -2.48. The Hall–Kier alpha value is -4.01. The molecular formula is C26H26F6N6O3. The highest BCUT2D eigenvalue weighted by Gasteiger charge is 2.38. The van der Waals surface area contributed by atoms with E-state index in [1.165, 1.54) is 23.9 Å². The van der Waals surface area contributed by atoms with Crippen molar-refractivity contribution in [2.45, 2.75) is 58.3 Å². The molecule has 1 aliphatic heterocycles. The number of aryl methyl sites for hydroxylation is 1. The molecule has 3 aromatic rings. The first-order valence-corrected chi connectivity index (χ1v) is 12.5. The summed E-state index contributed by atoms with van der Waals surface area (Å²) in [4.78, 5) is 35.9. The molecule has 0 unspecified atom stereocenters. The summed E-state index contributed by atoms with van der Waals surface area (Å²) in [6.45, 7) is 7.57. The number of hydrogen-bond donors (Lipinski definition) is 1. The third-order valence-corrected chi connectivity index (χ3v) is 6.24. The molecule has 0 saturated carbocycles. The minimum atomic E-state index is -5.10. The maximum Gasteiger partial charge on any atom is 0.416 e. The van der Waals surface area contributed by atoms with Crippen LogP contribution in [0, 0.1) is 6.92 Å². The fraction of sp³-hybridized carbons (Fsp3) is 0.423. The maximum atomic E-state index is 13.2. The lowest BCUT2D eigenvalue weighted by Gasteiger charge is -2.35. The Bertz CT molecular complexity index is 1390. The Kier molecular flexibility index (Phi) is 8.11. The molecule has 0 radical (unpaired) electrons. The summed E-state index contributed by atoms with van der Waals surface area (Å²) < 4.78 is 86.3. The number of nitrogens with zero attached hydrogens (tertiary/aromatic N) is 5. The summed E-state index contributed by atoms with van der Waals surface area (Å²) >= 11 is 0. The highest BCUT2D eigenvalue weighted by molar-refractivity contribution is 5.95. The van der Waals surface area contributed by atoms with E-state index >= 15 is 0 Å². The Morgan fingerprint density at radius 1 is 0.976 bits per heavy atom. The van der Waals surface area contributed by atoms with Gasteiger partial charge in [0.05, 0.1) is 34.9 Å². The minimum absolute atomic E-state index is 0.0551. The second-order valence-corrected chi connectivity index (χ2v) is 9.79. The topological polar surface area (TPSA) is 102 Å². The zero-order chi connectivity index (χ0) is 30.3. The van der Waals surface area contributed by atoms with Crippen molar-refractivity contribution in [1.29, 1.82) is 0 Å². The molecule has 220 valence electrons. The number of rotatable bonds is 5. The molecule has 1 saturated heterocycles. The first-order valence-electron chi connectivity index (χ1n) is 12.5. The second-order valence-electron chi connectivity index (χ2n) is 9.79. The molecule has 1 aliphatic rings. The largest absolute Gasteiger partial charge is 0.416 e. The van der Waals surface area contributed by atoms with Gasteiger partial charge in [-0.3, -0.25) is 9.59 Å². The van der Waals surface area contributed by atoms with Crippen molar-refractivity contribution in [2.24, 2.45) is 0 Å². The van der Waals surface area contributed by atoms with Crippen LogP contribution in [0.4, 0.5) is 26.3 Å². The van der Waals surface area contributed by atoms with Gasteiger partial charge in [0.1, 0.15) is 5.82 Å². The van der Waals surface area contributed by atoms with E-state index in [-0.39, 0.29) is 41.6 Å². The van der Waals surface area contributed by atoms with E-state index in [1.54, 1.807) is 17.9 Å². The van der Waals surface area contributed by atoms with E-state index in [9.17, 15) is 35.9 Å². The van der Waals surface area contributed by atoms with E-state index < -0.39 is 41.0 Å². The fourth-order valence-electron chi connectivity index (χ4n) is 4.47. The van der Waals surface area contributed by atoms with Crippen LogP contribution < -0.4 is 5.32 Å². The summed E-state index contributed by atoms with van der Waals surface area (Å²) in [6.07, 6.45) is -9.09. The summed E-state index contributed by atoms with van der Waals surface area (Å²) in [7, 11) is 0. The number of halogens is 6. The average Bonchev–Trinajstić information content (AvgIpc) is 3.28. The molecule has 2 aromatic heterocycles. The van der Waals surface area contributed by atoms with Crippen molar-refractivity contribution in [1.82, 2.24) is 30.0 Å². The molecule has 0 aliphatic carbocycles. The van der Waals surface area contributed by atoms with Crippen molar-refractivity contribution >= 4 is 11.8 Å². The van der Waals surface area contributed by atoms with Crippen LogP contribution in [0.3, 0.4) is 0 Å². The summed E-state index contributed by atoms with van der Waals surface area (Å²) in [5.41, 5.74) is -3.72. The zero-order valence-electron chi connectivity index (χ0n) is 22.3. The van der Waals surface area contributed by atoms with Crippen molar-refractivity contribution in [2.75, 3.05) is 13.1 Å². The zero-order valence-corrected chi connectivity index (χ0v) is 22.3. The first-order chi connectivity index (χ1) is 19.0. The number of ether oxygens (including phenoxy) is 1. The summed E-state index contributed by atoms with van der Waals surface area (Å²) in [5, 5.41) is 6.62. The van der Waals surface area contributed by atoms with E-state index in [2.05, 4.69) is 20.4 Å². The number of alkyl halides is 6. The number of hydrogen-bond acceptors (Lipinski definition) is 6. The van der Waals surface area contributed by atoms with Gasteiger partial charge in [-0.15, -0.1) is 5.10 Å². The van der Waals surface area contributed by atoms with Gasteiger partial charge in [-0.1, -0.05) is 0 Å². The molecule has 1 aromatic carbocycles. The molecule has 2 amide bonds. The number of carbonyl (C=O) groups is 2. The fourth-order valence-corrected chi connectivity index (χ4v) is 4.47. The van der Waals surface area contributed by atoms with Crippen LogP contribution in [0.15, 0.2) is 36.5 Å². The quantitative estimate of drug-likeness (QED) is 0.435. The Balaban J connectivity index is 1.56. The van der Waals surface area contributed by atoms with E-state index in [0.717, 1.165) is 0 Å². The molecule has 3 atom stereocenters. The SMILES string of the molecule is Cc1nc([C@H](C)NC(=O)c2cc(C(F)(F)F)cc(C(F)(F)F)c2)n(-c2ccc(C(=O)N3C[C@@H](C)O[C@@H](C)C3)cn2)n1. The van der Waals surface area contributed by atoms with Crippen LogP contribution in [0.1, 0.15) is 70.3 Å². The maximum absolute atomic E-state index is 13.2. The average molecular weight is 585 g/mol. The predicted molar refractivity (Wildman–Crippen MR) is 132 cm³/mol. The lowest BCUT2D eigenvalue weighted by molar-refractivity contribution is -0.143. The highest BCUT2D eigenvalue weighted by atomic mass is 19.4. The monoisotopic (exact) mass is 584 g/mol. The number of amides is 2. The van der Waals surface area contributed by atoms with Gasteiger partial charge in [-0.05, 0) is 58.0 Å². The molecule has 3 heterocycles. The van der Waals surface area contributed by atoms with Crippen LogP contribution in [-0.4, -0.2) is 61.8 Å². The van der Waals surface area contributed by atoms with Crippen LogP contribution in [0.25, 0.3) is 5.82 Å². The molecule has 41 heavy (non-hydrogen) atoms. The van der Waals surface area contributed by atoms with Gasteiger partial charge in [0, 0.05) is 24.8 Å². The number of nitrogens with one attached hydrogen (secondary N) is 1. The molecule has 1 N–H and O–H groups in total. The van der Waals surface area contributed by atoms with Crippen molar-refractivity contribution in [3.63, 3.8) is 0 Å². The van der Waals surface area contributed by atoms with Crippen LogP contribution in [0.5, 0.6) is 0 Å². The van der Waals surface area contributed by atoms with Crippen LogP contribution >= 0.6 is 0 Å². The third-order valence-electron chi connectivity index (χ3n) is 6.24. The smallest absolute Gasteiger partial charge is 0.372 e. The van der Waals surface area contributed by atoms with Gasteiger partial charge in [0.15, 0.2) is 11.6 Å². The number of morpholine rings is 1. The van der Waals surface area contributed by atoms with Crippen LogP contribution in [0.2, 0.25) is 0 Å². The lowest BCUT2D eigenvalue weighted by atomic mass is 10.0. The number of aromatic nitrogens is 4. The summed E-state index contributed by atoms with van der Waals surface area (Å²) in [6, 6.07) is 2.68. The van der Waals surface area contributed by atoms with E-state index in [0.29, 0.717) is 30.8 Å². The highest BCUT2D eigenvalue weighted by Crippen LogP contribution is 2.36. The van der Waals surface area contributed by atoms with Crippen molar-refractivity contribution in [3.8, 4) is 5.82 Å². The van der Waals surface area contributed by atoms with E-state index in [4.69, 9.17) is 4.74 Å². The molecule has 0 bridgehead atoms. The number of pyridine rings is 1. The third kappa shape index (κ3) is 6.84. The predicted octanol–water partition coefficient (Wildman–Crippen LogP) is 4.75. The molecular weight excluding hydrogens is 558 g/mol. The normalized spacial score (nSPS) is 18.7. The van der Waals surface area contributed by atoms with Gasteiger partial charge >= 0.3 is 12.4 Å². The van der Waals surface area contributed by atoms with Gasteiger partial charge < -0.3 is 15.0 Å². The first kappa shape index (κ1) is 30.0. The molecule has 15 heteroatoms. The standard InChI is InChI=1S/C26H26F6N6O3/c1-13-11-37(12-14(2)41-13)24(40)17-5-6-21(33-10-17)38-22(35-16(4)36-38)15(3)34-23(39)18-7-19(25(27,28)29)9-20(8-18)26(30,31)32/h5-10,13-15H,11-12H2,1-4H3,(H,34,39)/t13-,14+,15-/m0/s1. The van der Waals surface area contributed by atoms with Gasteiger partial charge in [-0.25, -0.2) is 9.97 Å². The Morgan fingerprint density at radius 2 is 1.56 bits per heavy atom. The molecule has 0 spiro atoms. The number of carbonyl (C=O) groups excluding carboxylic acids is 2. The van der Waals surface area contributed by atoms with Gasteiger partial charge in [0.2, 0.25) is 0 Å². The molecule has 1 fully saturated rings. The number of benzene rings is 1. The Labute approximate surface area is 230 Å². The summed E-state index contributed by atoms with van der Waals surface area (Å²) in [5.74, 6) is -0.815.